The Morgan fingerprint density at radius 2 is 1.95 bits per heavy atom. The second-order valence-corrected chi connectivity index (χ2v) is 5.72. The number of anilines is 2. The van der Waals surface area contributed by atoms with E-state index >= 15 is 0 Å². The van der Waals surface area contributed by atoms with Crippen LogP contribution in [0.5, 0.6) is 0 Å². The van der Waals surface area contributed by atoms with Crippen molar-refractivity contribution in [1.82, 2.24) is 9.97 Å². The number of pyridine rings is 2. The average molecular weight is 278 g/mol. The van der Waals surface area contributed by atoms with Gasteiger partial charge in [0.15, 0.2) is 0 Å². The minimum Gasteiger partial charge on any atom is -0.372 e. The van der Waals surface area contributed by atoms with Crippen molar-refractivity contribution in [2.45, 2.75) is 4.90 Å². The third-order valence-electron chi connectivity index (χ3n) is 2.66. The van der Waals surface area contributed by atoms with Crippen molar-refractivity contribution in [3.05, 3.63) is 42.9 Å². The van der Waals surface area contributed by atoms with E-state index in [1.54, 1.807) is 31.4 Å². The zero-order valence-electron chi connectivity index (χ0n) is 10.6. The first-order valence-electron chi connectivity index (χ1n) is 5.59. The smallest absolute Gasteiger partial charge is 0.267 e. The van der Waals surface area contributed by atoms with Crippen LogP contribution in [0.2, 0.25) is 0 Å². The van der Waals surface area contributed by atoms with Gasteiger partial charge in [0.1, 0.15) is 10.7 Å². The molecule has 0 fully saturated rings. The minimum absolute atomic E-state index is 0.129. The summed E-state index contributed by atoms with van der Waals surface area (Å²) >= 11 is 0. The normalized spacial score (nSPS) is 11.1. The molecule has 19 heavy (non-hydrogen) atoms. The van der Waals surface area contributed by atoms with Gasteiger partial charge in [0.25, 0.3) is 10.0 Å². The lowest BCUT2D eigenvalue weighted by molar-refractivity contribution is 0.594. The molecule has 0 saturated carbocycles. The quantitative estimate of drug-likeness (QED) is 0.913. The standard InChI is InChI=1S/C12H14N4O2S/c1-13-12-11(6-4-8-15-12)19(17,18)16(2)10-5-3-7-14-9-10/h3-9H,1-2H3,(H,13,15). The predicted molar refractivity (Wildman–Crippen MR) is 73.6 cm³/mol. The molecule has 7 heteroatoms. The second-order valence-electron chi connectivity index (χ2n) is 3.78. The third kappa shape index (κ3) is 2.50. The van der Waals surface area contributed by atoms with Crippen molar-refractivity contribution in [1.29, 1.82) is 0 Å². The van der Waals surface area contributed by atoms with Gasteiger partial charge < -0.3 is 5.32 Å². The van der Waals surface area contributed by atoms with Gasteiger partial charge in [-0.05, 0) is 24.3 Å². The van der Waals surface area contributed by atoms with Gasteiger partial charge in [-0.2, -0.15) is 0 Å². The Morgan fingerprint density at radius 3 is 2.58 bits per heavy atom. The zero-order chi connectivity index (χ0) is 13.9. The highest BCUT2D eigenvalue weighted by Crippen LogP contribution is 2.24. The minimum atomic E-state index is -3.67. The first-order valence-corrected chi connectivity index (χ1v) is 7.03. The summed E-state index contributed by atoms with van der Waals surface area (Å²) in [4.78, 5) is 8.05. The van der Waals surface area contributed by atoms with E-state index in [2.05, 4.69) is 15.3 Å². The summed E-state index contributed by atoms with van der Waals surface area (Å²) in [7, 11) is -0.551. The van der Waals surface area contributed by atoms with E-state index in [1.165, 1.54) is 29.8 Å². The number of rotatable bonds is 4. The predicted octanol–water partition coefficient (Wildman–Crippen LogP) is 1.34. The molecule has 0 aliphatic heterocycles. The maximum atomic E-state index is 12.5. The molecule has 0 aromatic carbocycles. The van der Waals surface area contributed by atoms with Gasteiger partial charge >= 0.3 is 0 Å². The maximum Gasteiger partial charge on any atom is 0.267 e. The molecule has 6 nitrogen and oxygen atoms in total. The van der Waals surface area contributed by atoms with Crippen LogP contribution in [-0.2, 0) is 10.0 Å². The lowest BCUT2D eigenvalue weighted by atomic mass is 10.4. The molecular weight excluding hydrogens is 264 g/mol. The van der Waals surface area contributed by atoms with Crippen LogP contribution < -0.4 is 9.62 Å². The average Bonchev–Trinajstić information content (AvgIpc) is 2.47. The number of aromatic nitrogens is 2. The van der Waals surface area contributed by atoms with Crippen LogP contribution in [0.4, 0.5) is 11.5 Å². The Hall–Kier alpha value is -2.15. The number of hydrogen-bond donors (Lipinski definition) is 1. The zero-order valence-corrected chi connectivity index (χ0v) is 11.4. The van der Waals surface area contributed by atoms with Crippen LogP contribution in [0, 0.1) is 0 Å². The topological polar surface area (TPSA) is 75.2 Å². The van der Waals surface area contributed by atoms with Crippen LogP contribution in [0.25, 0.3) is 0 Å². The molecule has 2 aromatic heterocycles. The van der Waals surface area contributed by atoms with Crippen LogP contribution in [0.15, 0.2) is 47.8 Å². The van der Waals surface area contributed by atoms with E-state index in [4.69, 9.17) is 0 Å². The number of nitrogens with zero attached hydrogens (tertiary/aromatic N) is 3. The van der Waals surface area contributed by atoms with Gasteiger partial charge in [-0.25, -0.2) is 13.4 Å². The van der Waals surface area contributed by atoms with Crippen molar-refractivity contribution in [3.63, 3.8) is 0 Å². The molecular formula is C12H14N4O2S. The van der Waals surface area contributed by atoms with Gasteiger partial charge in [-0.1, -0.05) is 0 Å². The molecule has 0 aliphatic rings. The summed E-state index contributed by atoms with van der Waals surface area (Å²) in [5, 5.41) is 2.78. The molecule has 0 radical (unpaired) electrons. The Bertz CT molecular complexity index is 658. The Labute approximate surface area is 112 Å². The third-order valence-corrected chi connectivity index (χ3v) is 4.47. The first-order chi connectivity index (χ1) is 9.07. The van der Waals surface area contributed by atoms with E-state index < -0.39 is 10.0 Å². The molecule has 0 spiro atoms. The summed E-state index contributed by atoms with van der Waals surface area (Å²) in [5.41, 5.74) is 0.494. The van der Waals surface area contributed by atoms with Crippen LogP contribution in [0.1, 0.15) is 0 Å². The molecule has 2 heterocycles. The molecule has 1 N–H and O–H groups in total. The fourth-order valence-electron chi connectivity index (χ4n) is 1.61. The van der Waals surface area contributed by atoms with E-state index in [0.717, 1.165) is 0 Å². The molecule has 0 aliphatic carbocycles. The molecule has 0 bridgehead atoms. The molecule has 2 rings (SSSR count). The van der Waals surface area contributed by atoms with Crippen molar-refractivity contribution in [2.75, 3.05) is 23.7 Å². The summed E-state index contributed by atoms with van der Waals surface area (Å²) in [6.07, 6.45) is 4.62. The van der Waals surface area contributed by atoms with Crippen LogP contribution in [-0.4, -0.2) is 32.5 Å². The lowest BCUT2D eigenvalue weighted by Crippen LogP contribution is -2.27. The summed E-state index contributed by atoms with van der Waals surface area (Å²) in [6, 6.07) is 6.47. The molecule has 100 valence electrons. The summed E-state index contributed by atoms with van der Waals surface area (Å²) in [6.45, 7) is 0. The lowest BCUT2D eigenvalue weighted by Gasteiger charge is -2.20. The van der Waals surface area contributed by atoms with Gasteiger partial charge in [-0.3, -0.25) is 9.29 Å². The molecule has 2 aromatic rings. The van der Waals surface area contributed by atoms with Crippen molar-refractivity contribution in [3.8, 4) is 0 Å². The van der Waals surface area contributed by atoms with Crippen molar-refractivity contribution in [2.24, 2.45) is 0 Å². The molecule has 0 saturated heterocycles. The Kier molecular flexibility index (Phi) is 3.66. The number of sulfonamides is 1. The maximum absolute atomic E-state index is 12.5. The summed E-state index contributed by atoms with van der Waals surface area (Å²) < 4.78 is 26.2. The number of hydrogen-bond acceptors (Lipinski definition) is 5. The molecule has 0 atom stereocenters. The van der Waals surface area contributed by atoms with E-state index in [1.807, 2.05) is 0 Å². The number of nitrogens with one attached hydrogen (secondary N) is 1. The van der Waals surface area contributed by atoms with Gasteiger partial charge in [0, 0.05) is 26.5 Å². The second kappa shape index (κ2) is 5.23. The van der Waals surface area contributed by atoms with Crippen molar-refractivity contribution < 1.29 is 8.42 Å². The van der Waals surface area contributed by atoms with Gasteiger partial charge in [0.05, 0.1) is 11.9 Å². The Balaban J connectivity index is 2.48. The highest BCUT2D eigenvalue weighted by atomic mass is 32.2. The van der Waals surface area contributed by atoms with E-state index in [0.29, 0.717) is 11.5 Å². The van der Waals surface area contributed by atoms with Crippen LogP contribution >= 0.6 is 0 Å². The molecule has 0 unspecified atom stereocenters. The highest BCUT2D eigenvalue weighted by Gasteiger charge is 2.24. The van der Waals surface area contributed by atoms with E-state index in [9.17, 15) is 8.42 Å². The SMILES string of the molecule is CNc1ncccc1S(=O)(=O)N(C)c1cccnc1. The van der Waals surface area contributed by atoms with Gasteiger partial charge in [-0.15, -0.1) is 0 Å². The monoisotopic (exact) mass is 278 g/mol. The molecule has 0 amide bonds. The van der Waals surface area contributed by atoms with Gasteiger partial charge in [0.2, 0.25) is 0 Å². The first kappa shape index (κ1) is 13.3. The summed E-state index contributed by atoms with van der Waals surface area (Å²) in [5.74, 6) is 0.318. The van der Waals surface area contributed by atoms with Crippen LogP contribution in [0.3, 0.4) is 0 Å². The highest BCUT2D eigenvalue weighted by molar-refractivity contribution is 7.93. The fraction of sp³-hybridized carbons (Fsp3) is 0.167. The Morgan fingerprint density at radius 1 is 1.21 bits per heavy atom. The largest absolute Gasteiger partial charge is 0.372 e. The fourth-order valence-corrected chi connectivity index (χ4v) is 2.94. The van der Waals surface area contributed by atoms with Crippen molar-refractivity contribution >= 4 is 21.5 Å². The van der Waals surface area contributed by atoms with E-state index in [-0.39, 0.29) is 4.90 Å².